The van der Waals surface area contributed by atoms with E-state index in [-0.39, 0.29) is 5.92 Å². The van der Waals surface area contributed by atoms with Crippen molar-refractivity contribution in [3.05, 3.63) is 0 Å². The number of carbonyl (C=O) groups is 1. The van der Waals surface area contributed by atoms with E-state index in [1.54, 1.807) is 6.92 Å². The van der Waals surface area contributed by atoms with Crippen LogP contribution in [0.3, 0.4) is 0 Å². The molecular weight excluding hydrogens is 164 g/mol. The lowest BCUT2D eigenvalue weighted by Gasteiger charge is -2.13. The minimum Gasteiger partial charge on any atom is -0.380 e. The molecule has 1 saturated heterocycles. The number of unbranched alkanes of at least 4 members (excludes halogenated alkanes) is 2. The summed E-state index contributed by atoms with van der Waals surface area (Å²) in [4.78, 5) is 11.2. The first-order valence-corrected chi connectivity index (χ1v) is 5.34. The van der Waals surface area contributed by atoms with Crippen LogP contribution in [-0.4, -0.2) is 19.0 Å². The quantitative estimate of drug-likeness (QED) is 0.613. The average molecular weight is 184 g/mol. The van der Waals surface area contributed by atoms with Crippen molar-refractivity contribution in [2.75, 3.05) is 13.2 Å². The number of hydrogen-bond acceptors (Lipinski definition) is 2. The first-order valence-electron chi connectivity index (χ1n) is 5.34. The van der Waals surface area contributed by atoms with Gasteiger partial charge in [-0.15, -0.1) is 0 Å². The van der Waals surface area contributed by atoms with Crippen molar-refractivity contribution in [1.29, 1.82) is 0 Å². The van der Waals surface area contributed by atoms with Gasteiger partial charge in [-0.1, -0.05) is 26.2 Å². The number of ether oxygens (including phenoxy) is 1. The molecule has 0 N–H and O–H groups in total. The van der Waals surface area contributed by atoms with E-state index in [1.165, 1.54) is 19.3 Å². The van der Waals surface area contributed by atoms with Gasteiger partial charge in [0, 0.05) is 5.92 Å². The molecule has 1 rings (SSSR count). The van der Waals surface area contributed by atoms with Crippen LogP contribution in [0.4, 0.5) is 0 Å². The Morgan fingerprint density at radius 1 is 1.38 bits per heavy atom. The highest BCUT2D eigenvalue weighted by Crippen LogP contribution is 2.26. The first kappa shape index (κ1) is 10.7. The van der Waals surface area contributed by atoms with Gasteiger partial charge < -0.3 is 4.74 Å². The van der Waals surface area contributed by atoms with Crippen LogP contribution in [-0.2, 0) is 9.53 Å². The summed E-state index contributed by atoms with van der Waals surface area (Å²) >= 11 is 0. The fourth-order valence-electron chi connectivity index (χ4n) is 1.99. The molecule has 2 atom stereocenters. The maximum Gasteiger partial charge on any atom is 0.135 e. The molecular formula is C11H20O2. The molecule has 0 aromatic carbocycles. The van der Waals surface area contributed by atoms with Gasteiger partial charge in [0.25, 0.3) is 0 Å². The van der Waals surface area contributed by atoms with Crippen molar-refractivity contribution in [1.82, 2.24) is 0 Å². The second kappa shape index (κ2) is 5.38. The number of ketones is 1. The van der Waals surface area contributed by atoms with Gasteiger partial charge >= 0.3 is 0 Å². The summed E-state index contributed by atoms with van der Waals surface area (Å²) in [5, 5.41) is 0. The van der Waals surface area contributed by atoms with Crippen LogP contribution in [0.25, 0.3) is 0 Å². The van der Waals surface area contributed by atoms with Crippen LogP contribution < -0.4 is 0 Å². The smallest absolute Gasteiger partial charge is 0.135 e. The topological polar surface area (TPSA) is 26.3 Å². The fourth-order valence-corrected chi connectivity index (χ4v) is 1.99. The molecule has 0 bridgehead atoms. The Bertz CT molecular complexity index is 165. The molecule has 1 fully saturated rings. The van der Waals surface area contributed by atoms with Crippen LogP contribution in [0.1, 0.15) is 39.5 Å². The summed E-state index contributed by atoms with van der Waals surface area (Å²) in [7, 11) is 0. The Hall–Kier alpha value is -0.370. The molecule has 13 heavy (non-hydrogen) atoms. The molecule has 2 unspecified atom stereocenters. The lowest BCUT2D eigenvalue weighted by molar-refractivity contribution is -0.121. The van der Waals surface area contributed by atoms with Gasteiger partial charge in [0.1, 0.15) is 5.78 Å². The van der Waals surface area contributed by atoms with Crippen LogP contribution in [0, 0.1) is 11.8 Å². The van der Waals surface area contributed by atoms with E-state index in [1.807, 2.05) is 0 Å². The zero-order chi connectivity index (χ0) is 9.68. The number of hydrogen-bond donors (Lipinski definition) is 0. The number of Topliss-reactive ketones (excluding diaryl/α,β-unsaturated/α-hetero) is 1. The second-order valence-corrected chi connectivity index (χ2v) is 4.01. The van der Waals surface area contributed by atoms with Crippen molar-refractivity contribution in [2.45, 2.75) is 39.5 Å². The SMILES string of the molecule is CCCCCC1COCC1C(C)=O. The molecule has 2 nitrogen and oxygen atoms in total. The molecule has 0 radical (unpaired) electrons. The highest BCUT2D eigenvalue weighted by Gasteiger charge is 2.30. The van der Waals surface area contributed by atoms with Gasteiger partial charge in [0.15, 0.2) is 0 Å². The van der Waals surface area contributed by atoms with E-state index in [4.69, 9.17) is 4.74 Å². The largest absolute Gasteiger partial charge is 0.380 e. The Morgan fingerprint density at radius 3 is 2.77 bits per heavy atom. The van der Waals surface area contributed by atoms with Crippen LogP contribution in [0.15, 0.2) is 0 Å². The maximum atomic E-state index is 11.2. The average Bonchev–Trinajstić information content (AvgIpc) is 2.53. The summed E-state index contributed by atoms with van der Waals surface area (Å²) in [6.45, 7) is 5.35. The monoisotopic (exact) mass is 184 g/mol. The third kappa shape index (κ3) is 3.11. The minimum atomic E-state index is 0.192. The lowest BCUT2D eigenvalue weighted by atomic mass is 9.88. The predicted molar refractivity (Wildman–Crippen MR) is 52.6 cm³/mol. The van der Waals surface area contributed by atoms with Gasteiger partial charge in [0.2, 0.25) is 0 Å². The summed E-state index contributed by atoms with van der Waals surface area (Å²) in [5.74, 6) is 1.000. The second-order valence-electron chi connectivity index (χ2n) is 4.01. The molecule has 76 valence electrons. The lowest BCUT2D eigenvalue weighted by Crippen LogP contribution is -2.19. The molecule has 0 amide bonds. The van der Waals surface area contributed by atoms with Crippen molar-refractivity contribution in [2.24, 2.45) is 11.8 Å². The summed E-state index contributed by atoms with van der Waals surface area (Å²) in [6.07, 6.45) is 4.94. The van der Waals surface area contributed by atoms with Gasteiger partial charge in [-0.2, -0.15) is 0 Å². The fraction of sp³-hybridized carbons (Fsp3) is 0.909. The van der Waals surface area contributed by atoms with E-state index in [0.29, 0.717) is 18.3 Å². The Morgan fingerprint density at radius 2 is 2.15 bits per heavy atom. The number of carbonyl (C=O) groups excluding carboxylic acids is 1. The highest BCUT2D eigenvalue weighted by atomic mass is 16.5. The third-order valence-electron chi connectivity index (χ3n) is 2.90. The van der Waals surface area contributed by atoms with Gasteiger partial charge in [-0.25, -0.2) is 0 Å². The van der Waals surface area contributed by atoms with Crippen molar-refractivity contribution in [3.8, 4) is 0 Å². The van der Waals surface area contributed by atoms with Crippen LogP contribution >= 0.6 is 0 Å². The van der Waals surface area contributed by atoms with E-state index < -0.39 is 0 Å². The first-order chi connectivity index (χ1) is 6.25. The standard InChI is InChI=1S/C11H20O2/c1-3-4-5-6-10-7-13-8-11(10)9(2)12/h10-11H,3-8H2,1-2H3. The van der Waals surface area contributed by atoms with Crippen LogP contribution in [0.2, 0.25) is 0 Å². The zero-order valence-electron chi connectivity index (χ0n) is 8.71. The van der Waals surface area contributed by atoms with E-state index >= 15 is 0 Å². The predicted octanol–water partition coefficient (Wildman–Crippen LogP) is 2.42. The summed E-state index contributed by atoms with van der Waals surface area (Å²) in [6, 6.07) is 0. The molecule has 0 aromatic rings. The molecule has 0 aromatic heterocycles. The highest BCUT2D eigenvalue weighted by molar-refractivity contribution is 5.79. The normalized spacial score (nSPS) is 27.8. The molecule has 0 aliphatic carbocycles. The van der Waals surface area contributed by atoms with Crippen molar-refractivity contribution < 1.29 is 9.53 Å². The molecule has 2 heteroatoms. The van der Waals surface area contributed by atoms with Gasteiger partial charge in [0.05, 0.1) is 13.2 Å². The van der Waals surface area contributed by atoms with E-state index in [9.17, 15) is 4.79 Å². The van der Waals surface area contributed by atoms with Crippen LogP contribution in [0.5, 0.6) is 0 Å². The molecule has 0 saturated carbocycles. The minimum absolute atomic E-state index is 0.192. The van der Waals surface area contributed by atoms with E-state index in [0.717, 1.165) is 13.0 Å². The molecule has 1 heterocycles. The zero-order valence-corrected chi connectivity index (χ0v) is 8.71. The third-order valence-corrected chi connectivity index (χ3v) is 2.90. The molecule has 1 aliphatic rings. The number of rotatable bonds is 5. The van der Waals surface area contributed by atoms with Crippen molar-refractivity contribution in [3.63, 3.8) is 0 Å². The maximum absolute atomic E-state index is 11.2. The molecule has 1 aliphatic heterocycles. The Balaban J connectivity index is 2.27. The van der Waals surface area contributed by atoms with E-state index in [2.05, 4.69) is 6.92 Å². The van der Waals surface area contributed by atoms with Gasteiger partial charge in [-0.05, 0) is 19.3 Å². The summed E-state index contributed by atoms with van der Waals surface area (Å²) < 4.78 is 5.34. The Labute approximate surface area is 80.7 Å². The Kier molecular flexibility index (Phi) is 4.43. The van der Waals surface area contributed by atoms with Crippen molar-refractivity contribution >= 4 is 5.78 Å². The summed E-state index contributed by atoms with van der Waals surface area (Å²) in [5.41, 5.74) is 0. The molecule has 0 spiro atoms. The van der Waals surface area contributed by atoms with Gasteiger partial charge in [-0.3, -0.25) is 4.79 Å².